The number of halogens is 3. The van der Waals surface area contributed by atoms with Crippen LogP contribution in [0.3, 0.4) is 0 Å². The standard InChI is InChI=1S/C17H22F3N3O2/c1-10(2)4-5-25-12-6-13(17(18,19)20)15-14(7-12)21-22-23(15)11-8-16(3,24)9-11/h6-7,10-11,24H,4-5,8-9H2,1-3H3/t11-,16-. The van der Waals surface area contributed by atoms with Crippen molar-refractivity contribution < 1.29 is 23.0 Å². The third kappa shape index (κ3) is 3.73. The molecule has 0 bridgehead atoms. The molecule has 1 N–H and O–H groups in total. The van der Waals surface area contributed by atoms with Crippen LogP contribution >= 0.6 is 0 Å². The number of hydrogen-bond acceptors (Lipinski definition) is 4. The smallest absolute Gasteiger partial charge is 0.418 e. The Bertz CT molecular complexity index is 760. The Balaban J connectivity index is 1.97. The van der Waals surface area contributed by atoms with Crippen LogP contribution in [0.1, 0.15) is 51.6 Å². The zero-order valence-electron chi connectivity index (χ0n) is 14.5. The van der Waals surface area contributed by atoms with Crippen LogP contribution in [0.4, 0.5) is 13.2 Å². The number of nitrogens with zero attached hydrogens (tertiary/aromatic N) is 3. The molecule has 1 aromatic carbocycles. The van der Waals surface area contributed by atoms with Crippen LogP contribution in [0.2, 0.25) is 0 Å². The Morgan fingerprint density at radius 1 is 1.36 bits per heavy atom. The first-order valence-corrected chi connectivity index (χ1v) is 8.38. The van der Waals surface area contributed by atoms with Crippen molar-refractivity contribution in [3.63, 3.8) is 0 Å². The molecule has 1 saturated carbocycles. The minimum Gasteiger partial charge on any atom is -0.493 e. The van der Waals surface area contributed by atoms with Crippen LogP contribution in [0.25, 0.3) is 11.0 Å². The third-order valence-electron chi connectivity index (χ3n) is 4.51. The number of aromatic nitrogens is 3. The Morgan fingerprint density at radius 2 is 2.04 bits per heavy atom. The van der Waals surface area contributed by atoms with Crippen molar-refractivity contribution in [1.82, 2.24) is 15.0 Å². The summed E-state index contributed by atoms with van der Waals surface area (Å²) < 4.78 is 47.5. The zero-order valence-corrected chi connectivity index (χ0v) is 14.5. The van der Waals surface area contributed by atoms with Crippen molar-refractivity contribution in [1.29, 1.82) is 0 Å². The van der Waals surface area contributed by atoms with Gasteiger partial charge >= 0.3 is 6.18 Å². The van der Waals surface area contributed by atoms with Crippen molar-refractivity contribution in [3.8, 4) is 5.75 Å². The molecule has 5 nitrogen and oxygen atoms in total. The topological polar surface area (TPSA) is 60.2 Å². The first-order valence-electron chi connectivity index (χ1n) is 8.38. The van der Waals surface area contributed by atoms with Gasteiger partial charge in [0.2, 0.25) is 0 Å². The van der Waals surface area contributed by atoms with Gasteiger partial charge in [-0.1, -0.05) is 19.1 Å². The fourth-order valence-corrected chi connectivity index (χ4v) is 3.15. The summed E-state index contributed by atoms with van der Waals surface area (Å²) in [5, 5.41) is 17.7. The largest absolute Gasteiger partial charge is 0.493 e. The maximum atomic E-state index is 13.6. The van der Waals surface area contributed by atoms with Crippen molar-refractivity contribution in [2.75, 3.05) is 6.61 Å². The number of rotatable bonds is 5. The summed E-state index contributed by atoms with van der Waals surface area (Å²) in [6.07, 6.45) is -3.07. The molecule has 0 unspecified atom stereocenters. The highest BCUT2D eigenvalue weighted by atomic mass is 19.4. The normalized spacial score (nSPS) is 23.9. The van der Waals surface area contributed by atoms with Crippen molar-refractivity contribution in [2.45, 2.75) is 57.9 Å². The van der Waals surface area contributed by atoms with Gasteiger partial charge in [0.15, 0.2) is 0 Å². The molecule has 1 aromatic heterocycles. The van der Waals surface area contributed by atoms with Gasteiger partial charge in [0.25, 0.3) is 0 Å². The minimum atomic E-state index is -4.54. The monoisotopic (exact) mass is 357 g/mol. The highest BCUT2D eigenvalue weighted by Crippen LogP contribution is 2.44. The van der Waals surface area contributed by atoms with E-state index in [1.807, 2.05) is 13.8 Å². The van der Waals surface area contributed by atoms with Crippen LogP contribution in [-0.4, -0.2) is 32.3 Å². The van der Waals surface area contributed by atoms with Gasteiger partial charge in [-0.05, 0) is 38.2 Å². The van der Waals surface area contributed by atoms with Gasteiger partial charge in [0, 0.05) is 6.07 Å². The number of fused-ring (bicyclic) bond motifs is 1. The molecule has 0 spiro atoms. The Morgan fingerprint density at radius 3 is 2.60 bits per heavy atom. The van der Waals surface area contributed by atoms with E-state index in [-0.39, 0.29) is 22.8 Å². The Hall–Kier alpha value is -1.83. The maximum absolute atomic E-state index is 13.6. The van der Waals surface area contributed by atoms with Crippen molar-refractivity contribution in [3.05, 3.63) is 17.7 Å². The molecule has 1 aliphatic carbocycles. The number of benzene rings is 1. The van der Waals surface area contributed by atoms with E-state index in [0.717, 1.165) is 12.5 Å². The Labute approximate surface area is 143 Å². The second-order valence-corrected chi connectivity index (χ2v) is 7.46. The SMILES string of the molecule is CC(C)CCOc1cc(C(F)(F)F)c2c(c1)nnn2[C@H]1C[C@](C)(O)C1. The van der Waals surface area contributed by atoms with E-state index < -0.39 is 17.3 Å². The van der Waals surface area contributed by atoms with Crippen LogP contribution < -0.4 is 4.74 Å². The molecular weight excluding hydrogens is 335 g/mol. The fraction of sp³-hybridized carbons (Fsp3) is 0.647. The molecule has 0 radical (unpaired) electrons. The first-order chi connectivity index (χ1) is 11.6. The molecule has 138 valence electrons. The summed E-state index contributed by atoms with van der Waals surface area (Å²) in [7, 11) is 0. The molecule has 25 heavy (non-hydrogen) atoms. The number of hydrogen-bond donors (Lipinski definition) is 1. The lowest BCUT2D eigenvalue weighted by molar-refractivity contribution is -0.136. The lowest BCUT2D eigenvalue weighted by Crippen LogP contribution is -2.42. The van der Waals surface area contributed by atoms with E-state index in [0.29, 0.717) is 25.4 Å². The predicted molar refractivity (Wildman–Crippen MR) is 86.4 cm³/mol. The summed E-state index contributed by atoms with van der Waals surface area (Å²) in [4.78, 5) is 0. The van der Waals surface area contributed by atoms with Crippen LogP contribution in [0.15, 0.2) is 12.1 Å². The molecule has 1 heterocycles. The quantitative estimate of drug-likeness (QED) is 0.880. The summed E-state index contributed by atoms with van der Waals surface area (Å²) in [6.45, 7) is 6.05. The second kappa shape index (κ2) is 6.16. The fourth-order valence-electron chi connectivity index (χ4n) is 3.15. The molecule has 2 aromatic rings. The van der Waals surface area contributed by atoms with E-state index in [1.54, 1.807) is 6.92 Å². The van der Waals surface area contributed by atoms with E-state index in [1.165, 1.54) is 10.7 Å². The molecular formula is C17H22F3N3O2. The lowest BCUT2D eigenvalue weighted by Gasteiger charge is -2.40. The average Bonchev–Trinajstić information content (AvgIpc) is 2.85. The second-order valence-electron chi connectivity index (χ2n) is 7.46. The molecule has 3 rings (SSSR count). The summed E-state index contributed by atoms with van der Waals surface area (Å²) >= 11 is 0. The predicted octanol–water partition coefficient (Wildman–Crippen LogP) is 3.96. The van der Waals surface area contributed by atoms with Gasteiger partial charge in [-0.2, -0.15) is 13.2 Å². The summed E-state index contributed by atoms with van der Waals surface area (Å²) in [5.74, 6) is 0.547. The molecule has 0 aliphatic heterocycles. The van der Waals surface area contributed by atoms with Gasteiger partial charge in [-0.3, -0.25) is 0 Å². The molecule has 0 amide bonds. The average molecular weight is 357 g/mol. The summed E-state index contributed by atoms with van der Waals surface area (Å²) in [5.41, 5.74) is -1.56. The number of ether oxygens (including phenoxy) is 1. The molecule has 8 heteroatoms. The number of aliphatic hydroxyl groups is 1. The Kier molecular flexibility index (Phi) is 4.43. The molecule has 0 atom stereocenters. The van der Waals surface area contributed by atoms with Crippen molar-refractivity contribution in [2.24, 2.45) is 5.92 Å². The van der Waals surface area contributed by atoms with Gasteiger partial charge in [0.1, 0.15) is 16.8 Å². The highest BCUT2D eigenvalue weighted by Gasteiger charge is 2.43. The number of alkyl halides is 3. The lowest BCUT2D eigenvalue weighted by atomic mass is 9.77. The minimum absolute atomic E-state index is 0.0517. The van der Waals surface area contributed by atoms with Crippen LogP contribution in [-0.2, 0) is 6.18 Å². The van der Waals surface area contributed by atoms with E-state index in [2.05, 4.69) is 10.3 Å². The summed E-state index contributed by atoms with van der Waals surface area (Å²) in [6, 6.07) is 2.22. The van der Waals surface area contributed by atoms with E-state index in [4.69, 9.17) is 4.74 Å². The highest BCUT2D eigenvalue weighted by molar-refractivity contribution is 5.81. The third-order valence-corrected chi connectivity index (χ3v) is 4.51. The van der Waals surface area contributed by atoms with Gasteiger partial charge < -0.3 is 9.84 Å². The molecule has 1 aliphatic rings. The van der Waals surface area contributed by atoms with Crippen LogP contribution in [0.5, 0.6) is 5.75 Å². The van der Waals surface area contributed by atoms with Gasteiger partial charge in [0.05, 0.1) is 23.8 Å². The van der Waals surface area contributed by atoms with Crippen LogP contribution in [0, 0.1) is 5.92 Å². The van der Waals surface area contributed by atoms with E-state index in [9.17, 15) is 18.3 Å². The zero-order chi connectivity index (χ0) is 18.4. The molecule has 1 fully saturated rings. The van der Waals surface area contributed by atoms with E-state index >= 15 is 0 Å². The van der Waals surface area contributed by atoms with Crippen molar-refractivity contribution >= 4 is 11.0 Å². The van der Waals surface area contributed by atoms with Gasteiger partial charge in [-0.25, -0.2) is 4.68 Å². The van der Waals surface area contributed by atoms with Gasteiger partial charge in [-0.15, -0.1) is 5.10 Å². The maximum Gasteiger partial charge on any atom is 0.418 e. The first kappa shape index (κ1) is 18.0. The molecule has 0 saturated heterocycles.